The number of rotatable bonds is 5. The van der Waals surface area contributed by atoms with E-state index in [2.05, 4.69) is 10.3 Å². The summed E-state index contributed by atoms with van der Waals surface area (Å²) in [5.41, 5.74) is 1.93. The van der Waals surface area contributed by atoms with Gasteiger partial charge in [0.05, 0.1) is 16.9 Å². The van der Waals surface area contributed by atoms with Crippen molar-refractivity contribution in [3.05, 3.63) is 48.0 Å². The van der Waals surface area contributed by atoms with Crippen molar-refractivity contribution in [2.45, 2.75) is 18.0 Å². The second-order valence-corrected chi connectivity index (χ2v) is 5.85. The number of benzene rings is 1. The Kier molecular flexibility index (Phi) is 3.98. The molecule has 0 unspecified atom stereocenters. The van der Waals surface area contributed by atoms with Gasteiger partial charge in [-0.2, -0.15) is 0 Å². The fraction of sp³-hybridized carbons (Fsp3) is 0.250. The Morgan fingerprint density at radius 2 is 2.16 bits per heavy atom. The van der Waals surface area contributed by atoms with Crippen LogP contribution in [0.1, 0.15) is 11.3 Å². The van der Waals surface area contributed by atoms with Crippen LogP contribution in [-0.2, 0) is 30.2 Å². The molecule has 0 aliphatic carbocycles. The molecule has 3 N–H and O–H groups in total. The van der Waals surface area contributed by atoms with Crippen molar-refractivity contribution in [1.82, 2.24) is 14.9 Å². The second-order valence-electron chi connectivity index (χ2n) is 4.29. The molecule has 19 heavy (non-hydrogen) atoms. The maximum Gasteiger partial charge on any atom is 0.238 e. The average Bonchev–Trinajstić information content (AvgIpc) is 2.75. The van der Waals surface area contributed by atoms with E-state index in [0.29, 0.717) is 13.1 Å². The van der Waals surface area contributed by atoms with Gasteiger partial charge in [0.15, 0.2) is 0 Å². The summed E-state index contributed by atoms with van der Waals surface area (Å²) in [5, 5.41) is 8.32. The molecule has 7 heteroatoms. The summed E-state index contributed by atoms with van der Waals surface area (Å²) in [6, 6.07) is 6.59. The third-order valence-corrected chi connectivity index (χ3v) is 3.69. The molecule has 0 spiro atoms. The van der Waals surface area contributed by atoms with Crippen LogP contribution in [0, 0.1) is 0 Å². The molecule has 0 aliphatic heterocycles. The van der Waals surface area contributed by atoms with Crippen LogP contribution in [0.5, 0.6) is 0 Å². The Labute approximate surface area is 112 Å². The van der Waals surface area contributed by atoms with Crippen molar-refractivity contribution in [3.63, 3.8) is 0 Å². The summed E-state index contributed by atoms with van der Waals surface area (Å²) in [6.45, 7) is 1.23. The lowest BCUT2D eigenvalue weighted by Gasteiger charge is -2.06. The first-order valence-electron chi connectivity index (χ1n) is 5.74. The zero-order valence-electron chi connectivity index (χ0n) is 10.6. The Morgan fingerprint density at radius 3 is 2.79 bits per heavy atom. The lowest BCUT2D eigenvalue weighted by atomic mass is 10.2. The Morgan fingerprint density at radius 1 is 1.37 bits per heavy atom. The highest BCUT2D eigenvalue weighted by atomic mass is 32.2. The van der Waals surface area contributed by atoms with Crippen LogP contribution in [0.25, 0.3) is 0 Å². The first kappa shape index (κ1) is 13.7. The van der Waals surface area contributed by atoms with Crippen molar-refractivity contribution in [2.75, 3.05) is 0 Å². The fourth-order valence-corrected chi connectivity index (χ4v) is 2.31. The Balaban J connectivity index is 1.99. The quantitative estimate of drug-likeness (QED) is 0.827. The highest BCUT2D eigenvalue weighted by molar-refractivity contribution is 7.89. The van der Waals surface area contributed by atoms with Gasteiger partial charge >= 0.3 is 0 Å². The van der Waals surface area contributed by atoms with Gasteiger partial charge in [0.1, 0.15) is 0 Å². The molecule has 1 aromatic carbocycles. The third kappa shape index (κ3) is 3.63. The molecule has 0 saturated heterocycles. The molecule has 0 saturated carbocycles. The van der Waals surface area contributed by atoms with E-state index in [1.807, 2.05) is 17.7 Å². The fourth-order valence-electron chi connectivity index (χ4n) is 1.72. The molecule has 0 bridgehead atoms. The molecule has 0 aliphatic rings. The van der Waals surface area contributed by atoms with Crippen molar-refractivity contribution in [1.29, 1.82) is 0 Å². The number of aromatic nitrogens is 2. The smallest absolute Gasteiger partial charge is 0.238 e. The summed E-state index contributed by atoms with van der Waals surface area (Å²) in [4.78, 5) is 4.15. The van der Waals surface area contributed by atoms with E-state index < -0.39 is 10.0 Å². The van der Waals surface area contributed by atoms with Gasteiger partial charge in [-0.15, -0.1) is 0 Å². The lowest BCUT2D eigenvalue weighted by molar-refractivity contribution is 0.597. The topological polar surface area (TPSA) is 90.0 Å². The van der Waals surface area contributed by atoms with Crippen LogP contribution < -0.4 is 10.5 Å². The van der Waals surface area contributed by atoms with E-state index in [4.69, 9.17) is 5.14 Å². The predicted octanol–water partition coefficient (Wildman–Crippen LogP) is 0.357. The number of hydrogen-bond acceptors (Lipinski definition) is 4. The second kappa shape index (κ2) is 5.52. The number of nitrogens with one attached hydrogen (secondary N) is 1. The first-order valence-corrected chi connectivity index (χ1v) is 7.29. The molecule has 1 heterocycles. The van der Waals surface area contributed by atoms with Crippen LogP contribution in [-0.4, -0.2) is 18.0 Å². The number of hydrogen-bond donors (Lipinski definition) is 2. The maximum atomic E-state index is 11.2. The third-order valence-electron chi connectivity index (χ3n) is 2.78. The zero-order valence-corrected chi connectivity index (χ0v) is 11.4. The molecule has 6 nitrogen and oxygen atoms in total. The number of imidazole rings is 1. The van der Waals surface area contributed by atoms with Gasteiger partial charge in [-0.05, 0) is 17.7 Å². The van der Waals surface area contributed by atoms with E-state index in [1.54, 1.807) is 24.7 Å². The maximum absolute atomic E-state index is 11.2. The zero-order chi connectivity index (χ0) is 13.9. The molecule has 0 atom stereocenters. The van der Waals surface area contributed by atoms with Crippen LogP contribution in [0.15, 0.2) is 41.7 Å². The predicted molar refractivity (Wildman–Crippen MR) is 71.6 cm³/mol. The average molecular weight is 280 g/mol. The lowest BCUT2D eigenvalue weighted by Crippen LogP contribution is -2.16. The van der Waals surface area contributed by atoms with Crippen LogP contribution in [0.2, 0.25) is 0 Å². The molecule has 2 rings (SSSR count). The molecule has 2 aromatic rings. The summed E-state index contributed by atoms with van der Waals surface area (Å²) >= 11 is 0. The summed E-state index contributed by atoms with van der Waals surface area (Å²) in [7, 11) is -1.72. The SMILES string of the molecule is Cn1cncc1CNCc1cccc(S(N)(=O)=O)c1. The number of primary sulfonamides is 1. The summed E-state index contributed by atoms with van der Waals surface area (Å²) in [5.74, 6) is 0. The molecule has 0 amide bonds. The van der Waals surface area contributed by atoms with Crippen molar-refractivity contribution in [3.8, 4) is 0 Å². The van der Waals surface area contributed by atoms with E-state index in [0.717, 1.165) is 11.3 Å². The van der Waals surface area contributed by atoms with Crippen molar-refractivity contribution < 1.29 is 8.42 Å². The van der Waals surface area contributed by atoms with E-state index in [-0.39, 0.29) is 4.90 Å². The monoisotopic (exact) mass is 280 g/mol. The van der Waals surface area contributed by atoms with Gasteiger partial charge in [0.25, 0.3) is 0 Å². The van der Waals surface area contributed by atoms with Gasteiger partial charge < -0.3 is 9.88 Å². The van der Waals surface area contributed by atoms with E-state index >= 15 is 0 Å². The van der Waals surface area contributed by atoms with Crippen LogP contribution in [0.4, 0.5) is 0 Å². The van der Waals surface area contributed by atoms with Gasteiger partial charge in [-0.25, -0.2) is 18.5 Å². The molecular formula is C12H16N4O2S. The number of aryl methyl sites for hydroxylation is 1. The largest absolute Gasteiger partial charge is 0.337 e. The summed E-state index contributed by atoms with van der Waals surface area (Å²) < 4.78 is 24.4. The minimum absolute atomic E-state index is 0.132. The highest BCUT2D eigenvalue weighted by Gasteiger charge is 2.07. The van der Waals surface area contributed by atoms with Gasteiger partial charge in [-0.1, -0.05) is 12.1 Å². The first-order chi connectivity index (χ1) is 8.97. The van der Waals surface area contributed by atoms with Gasteiger partial charge in [-0.3, -0.25) is 0 Å². The summed E-state index contributed by atoms with van der Waals surface area (Å²) in [6.07, 6.45) is 3.52. The highest BCUT2D eigenvalue weighted by Crippen LogP contribution is 2.09. The Bertz CT molecular complexity index is 664. The molecule has 0 radical (unpaired) electrons. The van der Waals surface area contributed by atoms with Crippen LogP contribution in [0.3, 0.4) is 0 Å². The molecular weight excluding hydrogens is 264 g/mol. The number of sulfonamides is 1. The minimum Gasteiger partial charge on any atom is -0.337 e. The molecule has 0 fully saturated rings. The molecule has 102 valence electrons. The van der Waals surface area contributed by atoms with Crippen LogP contribution >= 0.6 is 0 Å². The van der Waals surface area contributed by atoms with Gasteiger partial charge in [0, 0.05) is 26.3 Å². The minimum atomic E-state index is -3.64. The van der Waals surface area contributed by atoms with Crippen molar-refractivity contribution >= 4 is 10.0 Å². The van der Waals surface area contributed by atoms with E-state index in [9.17, 15) is 8.42 Å². The molecule has 1 aromatic heterocycles. The van der Waals surface area contributed by atoms with E-state index in [1.165, 1.54) is 6.07 Å². The standard InChI is InChI=1S/C12H16N4O2S/c1-16-9-15-8-11(16)7-14-6-10-3-2-4-12(5-10)19(13,17)18/h2-5,8-9,14H,6-7H2,1H3,(H2,13,17,18). The normalized spacial score (nSPS) is 11.7. The van der Waals surface area contributed by atoms with Gasteiger partial charge in [0.2, 0.25) is 10.0 Å². The number of nitrogens with two attached hydrogens (primary N) is 1. The van der Waals surface area contributed by atoms with Crippen molar-refractivity contribution in [2.24, 2.45) is 12.2 Å². The number of nitrogens with zero attached hydrogens (tertiary/aromatic N) is 2. The Hall–Kier alpha value is -1.70.